The standard InChI is InChI=1S/C26H39N3O6S/c1-8-28(9-2)21-11-10-20(19-29(16-17-33-6)25(30)27-26(3,4)5)24(18-21)35-36(31,32)23-14-12-22(34-7)13-15-23/h10-15,18H,8-9,16-17,19H2,1-7H3,(H,27,30). The molecule has 0 unspecified atom stereocenters. The van der Waals surface area contributed by atoms with Crippen LogP contribution in [0.2, 0.25) is 0 Å². The number of carbonyl (C=O) groups is 1. The van der Waals surface area contributed by atoms with Crippen LogP contribution in [-0.4, -0.2) is 65.3 Å². The number of hydrogen-bond acceptors (Lipinski definition) is 7. The van der Waals surface area contributed by atoms with E-state index in [0.29, 0.717) is 24.5 Å². The molecular weight excluding hydrogens is 482 g/mol. The van der Waals surface area contributed by atoms with E-state index in [1.165, 1.54) is 19.2 Å². The first-order valence-corrected chi connectivity index (χ1v) is 13.4. The number of rotatable bonds is 12. The summed E-state index contributed by atoms with van der Waals surface area (Å²) in [6.45, 7) is 12.0. The number of carbonyl (C=O) groups excluding carboxylic acids is 1. The second-order valence-electron chi connectivity index (χ2n) is 9.27. The van der Waals surface area contributed by atoms with Gasteiger partial charge < -0.3 is 28.8 Å². The summed E-state index contributed by atoms with van der Waals surface area (Å²) in [5.74, 6) is 0.706. The number of methoxy groups -OCH3 is 2. The van der Waals surface area contributed by atoms with E-state index in [1.54, 1.807) is 36.3 Å². The number of nitrogens with one attached hydrogen (secondary N) is 1. The van der Waals surface area contributed by atoms with Crippen LogP contribution < -0.4 is 19.1 Å². The molecule has 0 aliphatic carbocycles. The van der Waals surface area contributed by atoms with Gasteiger partial charge in [-0.05, 0) is 65.0 Å². The summed E-state index contributed by atoms with van der Waals surface area (Å²) >= 11 is 0. The number of benzene rings is 2. The Hall–Kier alpha value is -2.98. The molecule has 9 nitrogen and oxygen atoms in total. The molecule has 0 fully saturated rings. The van der Waals surface area contributed by atoms with E-state index in [0.717, 1.165) is 18.8 Å². The molecule has 0 radical (unpaired) electrons. The molecule has 0 heterocycles. The van der Waals surface area contributed by atoms with Crippen LogP contribution in [0.5, 0.6) is 11.5 Å². The molecule has 2 aromatic rings. The highest BCUT2D eigenvalue weighted by Gasteiger charge is 2.24. The number of amides is 2. The highest BCUT2D eigenvalue weighted by atomic mass is 32.2. The van der Waals surface area contributed by atoms with Crippen molar-refractivity contribution in [1.82, 2.24) is 10.2 Å². The highest BCUT2D eigenvalue weighted by Crippen LogP contribution is 2.30. The van der Waals surface area contributed by atoms with Crippen LogP contribution in [0, 0.1) is 0 Å². The maximum atomic E-state index is 13.2. The fraction of sp³-hybridized carbons (Fsp3) is 0.500. The SMILES string of the molecule is CCN(CC)c1ccc(CN(CCOC)C(=O)NC(C)(C)C)c(OS(=O)(=O)c2ccc(OC)cc2)c1. The predicted molar refractivity (Wildman–Crippen MR) is 141 cm³/mol. The Morgan fingerprint density at radius 2 is 1.64 bits per heavy atom. The van der Waals surface area contributed by atoms with E-state index in [2.05, 4.69) is 10.2 Å². The molecule has 2 aromatic carbocycles. The minimum Gasteiger partial charge on any atom is -0.497 e. The zero-order chi connectivity index (χ0) is 26.9. The summed E-state index contributed by atoms with van der Waals surface area (Å²) in [6, 6.07) is 11.1. The van der Waals surface area contributed by atoms with E-state index in [9.17, 15) is 13.2 Å². The lowest BCUT2D eigenvalue weighted by Crippen LogP contribution is -2.49. The monoisotopic (exact) mass is 521 g/mol. The Bertz CT molecular complexity index is 1090. The predicted octanol–water partition coefficient (Wildman–Crippen LogP) is 4.27. The van der Waals surface area contributed by atoms with Crippen LogP contribution >= 0.6 is 0 Å². The fourth-order valence-electron chi connectivity index (χ4n) is 3.50. The molecule has 0 aliphatic heterocycles. The van der Waals surface area contributed by atoms with Crippen molar-refractivity contribution in [2.24, 2.45) is 0 Å². The third-order valence-corrected chi connectivity index (χ3v) is 6.67. The summed E-state index contributed by atoms with van der Waals surface area (Å²) in [4.78, 5) is 16.7. The van der Waals surface area contributed by atoms with Crippen LogP contribution in [0.25, 0.3) is 0 Å². The number of hydrogen-bond donors (Lipinski definition) is 1. The first kappa shape index (κ1) is 29.3. The topological polar surface area (TPSA) is 97.4 Å². The minimum absolute atomic E-state index is 0.00390. The molecule has 1 N–H and O–H groups in total. The molecule has 0 atom stereocenters. The van der Waals surface area contributed by atoms with Crippen LogP contribution in [0.1, 0.15) is 40.2 Å². The molecule has 0 saturated carbocycles. The van der Waals surface area contributed by atoms with Gasteiger partial charge in [0.15, 0.2) is 0 Å². The van der Waals surface area contributed by atoms with Crippen LogP contribution in [0.3, 0.4) is 0 Å². The molecule has 200 valence electrons. The van der Waals surface area contributed by atoms with Gasteiger partial charge >= 0.3 is 16.1 Å². The second-order valence-corrected chi connectivity index (χ2v) is 10.8. The van der Waals surface area contributed by atoms with Crippen LogP contribution in [0.4, 0.5) is 10.5 Å². The van der Waals surface area contributed by atoms with Crippen molar-refractivity contribution in [1.29, 1.82) is 0 Å². The quantitative estimate of drug-likeness (QED) is 0.417. The average Bonchev–Trinajstić information content (AvgIpc) is 2.82. The molecule has 2 amide bonds. The highest BCUT2D eigenvalue weighted by molar-refractivity contribution is 7.87. The zero-order valence-corrected chi connectivity index (χ0v) is 23.1. The van der Waals surface area contributed by atoms with Gasteiger partial charge in [0.25, 0.3) is 0 Å². The molecule has 0 spiro atoms. The number of ether oxygens (including phenoxy) is 2. The van der Waals surface area contributed by atoms with Crippen molar-refractivity contribution in [3.63, 3.8) is 0 Å². The normalized spacial score (nSPS) is 11.6. The summed E-state index contributed by atoms with van der Waals surface area (Å²) < 4.78 is 42.3. The Morgan fingerprint density at radius 1 is 1.00 bits per heavy atom. The van der Waals surface area contributed by atoms with Crippen molar-refractivity contribution >= 4 is 21.8 Å². The molecule has 0 aromatic heterocycles. The summed E-state index contributed by atoms with van der Waals surface area (Å²) in [6.07, 6.45) is 0. The molecule has 2 rings (SSSR count). The van der Waals surface area contributed by atoms with Gasteiger partial charge in [0.05, 0.1) is 20.3 Å². The molecule has 10 heteroatoms. The van der Waals surface area contributed by atoms with Crippen molar-refractivity contribution in [2.75, 3.05) is 45.4 Å². The van der Waals surface area contributed by atoms with Gasteiger partial charge in [0.1, 0.15) is 16.4 Å². The van der Waals surface area contributed by atoms with Gasteiger partial charge in [-0.15, -0.1) is 0 Å². The Labute approximate surface area is 215 Å². The first-order chi connectivity index (χ1) is 16.9. The lowest BCUT2D eigenvalue weighted by Gasteiger charge is -2.29. The average molecular weight is 522 g/mol. The van der Waals surface area contributed by atoms with Gasteiger partial charge in [-0.1, -0.05) is 6.07 Å². The fourth-order valence-corrected chi connectivity index (χ4v) is 4.46. The van der Waals surface area contributed by atoms with E-state index in [-0.39, 0.29) is 23.2 Å². The maximum absolute atomic E-state index is 13.2. The van der Waals surface area contributed by atoms with Gasteiger partial charge in [-0.25, -0.2) is 4.79 Å². The number of anilines is 1. The molecule has 0 saturated heterocycles. The smallest absolute Gasteiger partial charge is 0.339 e. The largest absolute Gasteiger partial charge is 0.497 e. The molecule has 0 bridgehead atoms. The lowest BCUT2D eigenvalue weighted by atomic mass is 10.1. The van der Waals surface area contributed by atoms with E-state index in [4.69, 9.17) is 13.7 Å². The van der Waals surface area contributed by atoms with E-state index in [1.807, 2.05) is 40.7 Å². The van der Waals surface area contributed by atoms with Gasteiger partial charge in [0, 0.05) is 49.6 Å². The van der Waals surface area contributed by atoms with Crippen molar-refractivity contribution in [3.05, 3.63) is 48.0 Å². The summed E-state index contributed by atoms with van der Waals surface area (Å²) in [5, 5.41) is 2.95. The molecule has 36 heavy (non-hydrogen) atoms. The second kappa shape index (κ2) is 12.8. The van der Waals surface area contributed by atoms with Crippen LogP contribution in [-0.2, 0) is 21.4 Å². The molecular formula is C26H39N3O6S. The molecule has 0 aliphatic rings. The lowest BCUT2D eigenvalue weighted by molar-refractivity contribution is 0.142. The van der Waals surface area contributed by atoms with Gasteiger partial charge in [-0.2, -0.15) is 8.42 Å². The van der Waals surface area contributed by atoms with Crippen molar-refractivity contribution < 1.29 is 26.9 Å². The van der Waals surface area contributed by atoms with Gasteiger partial charge in [-0.3, -0.25) is 0 Å². The third-order valence-electron chi connectivity index (χ3n) is 5.42. The summed E-state index contributed by atoms with van der Waals surface area (Å²) in [5.41, 5.74) is 0.945. The number of nitrogens with zero attached hydrogens (tertiary/aromatic N) is 2. The first-order valence-electron chi connectivity index (χ1n) is 12.0. The minimum atomic E-state index is -4.14. The Morgan fingerprint density at radius 3 is 2.17 bits per heavy atom. The zero-order valence-electron chi connectivity index (χ0n) is 22.3. The third kappa shape index (κ3) is 8.30. The summed E-state index contributed by atoms with van der Waals surface area (Å²) in [7, 11) is -1.06. The van der Waals surface area contributed by atoms with Crippen LogP contribution in [0.15, 0.2) is 47.4 Å². The Kier molecular flexibility index (Phi) is 10.4. The van der Waals surface area contributed by atoms with E-state index >= 15 is 0 Å². The van der Waals surface area contributed by atoms with Crippen molar-refractivity contribution in [3.8, 4) is 11.5 Å². The van der Waals surface area contributed by atoms with Gasteiger partial charge in [0.2, 0.25) is 0 Å². The van der Waals surface area contributed by atoms with Crippen molar-refractivity contribution in [2.45, 2.75) is 51.6 Å². The van der Waals surface area contributed by atoms with E-state index < -0.39 is 15.7 Å². The Balaban J connectivity index is 2.48. The number of urea groups is 1. The maximum Gasteiger partial charge on any atom is 0.339 e.